The summed E-state index contributed by atoms with van der Waals surface area (Å²) in [5, 5.41) is 8.75. The summed E-state index contributed by atoms with van der Waals surface area (Å²) in [6.45, 7) is 1.69. The lowest BCUT2D eigenvalue weighted by Crippen LogP contribution is -2.23. The van der Waals surface area contributed by atoms with Gasteiger partial charge in [0, 0.05) is 0 Å². The lowest BCUT2D eigenvalue weighted by molar-refractivity contribution is 0.463. The number of sulfonamides is 1. The number of hydrogen-bond donors (Lipinski definition) is 1. The zero-order valence-corrected chi connectivity index (χ0v) is 10.9. The number of nitrogens with zero attached hydrogens (tertiary/aromatic N) is 2. The first-order valence-corrected chi connectivity index (χ1v) is 6.91. The van der Waals surface area contributed by atoms with Crippen LogP contribution in [0.3, 0.4) is 0 Å². The molecule has 0 amide bonds. The van der Waals surface area contributed by atoms with E-state index < -0.39 is 10.0 Å². The van der Waals surface area contributed by atoms with Crippen molar-refractivity contribution in [1.29, 1.82) is 5.26 Å². The summed E-state index contributed by atoms with van der Waals surface area (Å²) in [5.74, 6) is 0.901. The molecule has 1 aromatic heterocycles. The summed E-state index contributed by atoms with van der Waals surface area (Å²) >= 11 is 0. The number of hydrogen-bond acceptors (Lipinski definition) is 5. The van der Waals surface area contributed by atoms with E-state index in [4.69, 9.17) is 9.68 Å². The van der Waals surface area contributed by atoms with Crippen molar-refractivity contribution < 1.29 is 12.8 Å². The average Bonchev–Trinajstić information content (AvgIpc) is 2.82. The lowest BCUT2D eigenvalue weighted by Gasteiger charge is -2.04. The Labute approximate surface area is 110 Å². The minimum absolute atomic E-state index is 0.0348. The standard InChI is InChI=1S/C12H11N3O3S/c1-9-7-14-12(18-9)8-15-19(16,17)11-4-2-3-10(5-11)6-13/h2-5,7,15H,8H2,1H3. The molecule has 2 rings (SSSR count). The van der Waals surface area contributed by atoms with Crippen molar-refractivity contribution in [1.82, 2.24) is 9.71 Å². The normalized spacial score (nSPS) is 11.2. The minimum Gasteiger partial charge on any atom is -0.445 e. The van der Waals surface area contributed by atoms with E-state index in [0.29, 0.717) is 5.76 Å². The van der Waals surface area contributed by atoms with Gasteiger partial charge in [0.2, 0.25) is 15.9 Å². The van der Waals surface area contributed by atoms with Gasteiger partial charge in [-0.1, -0.05) is 6.07 Å². The molecule has 0 aliphatic carbocycles. The molecule has 0 unspecified atom stereocenters. The number of oxazole rings is 1. The third kappa shape index (κ3) is 3.19. The zero-order valence-electron chi connectivity index (χ0n) is 10.1. The molecule has 0 atom stereocenters. The molecule has 0 spiro atoms. The predicted octanol–water partition coefficient (Wildman–Crippen LogP) is 1.33. The van der Waals surface area contributed by atoms with E-state index >= 15 is 0 Å². The summed E-state index contributed by atoms with van der Waals surface area (Å²) < 4.78 is 31.5. The summed E-state index contributed by atoms with van der Waals surface area (Å²) in [5.41, 5.74) is 0.287. The Balaban J connectivity index is 2.16. The Morgan fingerprint density at radius 2 is 2.26 bits per heavy atom. The molecule has 7 heteroatoms. The SMILES string of the molecule is Cc1cnc(CNS(=O)(=O)c2cccc(C#N)c2)o1. The van der Waals surface area contributed by atoms with Gasteiger partial charge < -0.3 is 4.42 Å². The summed E-state index contributed by atoms with van der Waals surface area (Å²) in [6, 6.07) is 7.68. The molecule has 1 aromatic carbocycles. The molecule has 1 heterocycles. The fraction of sp³-hybridized carbons (Fsp3) is 0.167. The highest BCUT2D eigenvalue weighted by Crippen LogP contribution is 2.11. The first-order chi connectivity index (χ1) is 9.01. The second-order valence-electron chi connectivity index (χ2n) is 3.83. The van der Waals surface area contributed by atoms with Crippen molar-refractivity contribution in [2.45, 2.75) is 18.4 Å². The van der Waals surface area contributed by atoms with Crippen LogP contribution in [0.25, 0.3) is 0 Å². The van der Waals surface area contributed by atoms with Crippen LogP contribution in [-0.4, -0.2) is 13.4 Å². The first-order valence-electron chi connectivity index (χ1n) is 5.42. The van der Waals surface area contributed by atoms with Crippen molar-refractivity contribution in [3.8, 4) is 6.07 Å². The fourth-order valence-electron chi connectivity index (χ4n) is 1.46. The second-order valence-corrected chi connectivity index (χ2v) is 5.60. The molecule has 0 aliphatic rings. The maximum Gasteiger partial charge on any atom is 0.241 e. The number of aromatic nitrogens is 1. The fourth-order valence-corrected chi connectivity index (χ4v) is 2.48. The monoisotopic (exact) mass is 277 g/mol. The summed E-state index contributed by atoms with van der Waals surface area (Å²) in [6.07, 6.45) is 1.51. The molecular weight excluding hydrogens is 266 g/mol. The van der Waals surface area contributed by atoms with E-state index in [-0.39, 0.29) is 22.9 Å². The van der Waals surface area contributed by atoms with E-state index in [2.05, 4.69) is 9.71 Å². The molecule has 0 bridgehead atoms. The Morgan fingerprint density at radius 1 is 1.47 bits per heavy atom. The van der Waals surface area contributed by atoms with Gasteiger partial charge in [-0.25, -0.2) is 18.1 Å². The summed E-state index contributed by atoms with van der Waals surface area (Å²) in [4.78, 5) is 3.94. The third-order valence-electron chi connectivity index (χ3n) is 2.36. The van der Waals surface area contributed by atoms with Crippen molar-refractivity contribution in [2.24, 2.45) is 0 Å². The van der Waals surface area contributed by atoms with E-state index in [1.165, 1.54) is 30.5 Å². The Hall–Kier alpha value is -2.17. The molecule has 0 fully saturated rings. The quantitative estimate of drug-likeness (QED) is 0.909. The van der Waals surface area contributed by atoms with Gasteiger partial charge in [0.1, 0.15) is 5.76 Å². The number of rotatable bonds is 4. The number of aryl methyl sites for hydroxylation is 1. The van der Waals surface area contributed by atoms with E-state index in [9.17, 15) is 8.42 Å². The molecule has 2 aromatic rings. The molecule has 98 valence electrons. The molecule has 0 radical (unpaired) electrons. The van der Waals surface area contributed by atoms with Crippen LogP contribution in [-0.2, 0) is 16.6 Å². The molecule has 0 saturated carbocycles. The third-order valence-corrected chi connectivity index (χ3v) is 3.75. The van der Waals surface area contributed by atoms with Crippen LogP contribution >= 0.6 is 0 Å². The highest BCUT2D eigenvalue weighted by atomic mass is 32.2. The van der Waals surface area contributed by atoms with E-state index in [1.807, 2.05) is 6.07 Å². The largest absolute Gasteiger partial charge is 0.445 e. The molecular formula is C12H11N3O3S. The average molecular weight is 277 g/mol. The lowest BCUT2D eigenvalue weighted by atomic mass is 10.2. The highest BCUT2D eigenvalue weighted by molar-refractivity contribution is 7.89. The van der Waals surface area contributed by atoms with E-state index in [0.717, 1.165) is 0 Å². The van der Waals surface area contributed by atoms with Crippen LogP contribution < -0.4 is 4.72 Å². The Bertz CT molecular complexity index is 729. The number of nitriles is 1. The Morgan fingerprint density at radius 3 is 2.89 bits per heavy atom. The molecule has 0 aliphatic heterocycles. The maximum absolute atomic E-state index is 12.0. The maximum atomic E-state index is 12.0. The van der Waals surface area contributed by atoms with Crippen LogP contribution in [0.15, 0.2) is 39.8 Å². The van der Waals surface area contributed by atoms with Gasteiger partial charge in [-0.2, -0.15) is 5.26 Å². The van der Waals surface area contributed by atoms with E-state index in [1.54, 1.807) is 6.92 Å². The Kier molecular flexibility index (Phi) is 3.64. The van der Waals surface area contributed by atoms with Gasteiger partial charge in [-0.05, 0) is 25.1 Å². The molecule has 1 N–H and O–H groups in total. The van der Waals surface area contributed by atoms with Gasteiger partial charge in [0.25, 0.3) is 0 Å². The van der Waals surface area contributed by atoms with Gasteiger partial charge in [0.05, 0.1) is 29.3 Å². The van der Waals surface area contributed by atoms with Crippen molar-refractivity contribution in [3.63, 3.8) is 0 Å². The molecule has 6 nitrogen and oxygen atoms in total. The van der Waals surface area contributed by atoms with Crippen molar-refractivity contribution >= 4 is 10.0 Å². The van der Waals surface area contributed by atoms with Gasteiger partial charge >= 0.3 is 0 Å². The minimum atomic E-state index is -3.68. The molecule has 0 saturated heterocycles. The molecule has 19 heavy (non-hydrogen) atoms. The zero-order chi connectivity index (χ0) is 13.9. The van der Waals surface area contributed by atoms with Crippen LogP contribution in [0.5, 0.6) is 0 Å². The van der Waals surface area contributed by atoms with Gasteiger partial charge in [-0.3, -0.25) is 0 Å². The number of nitrogens with one attached hydrogen (secondary N) is 1. The van der Waals surface area contributed by atoms with Gasteiger partial charge in [0.15, 0.2) is 0 Å². The van der Waals surface area contributed by atoms with Crippen LogP contribution in [0.1, 0.15) is 17.2 Å². The van der Waals surface area contributed by atoms with Crippen LogP contribution in [0.4, 0.5) is 0 Å². The summed E-state index contributed by atoms with van der Waals surface area (Å²) in [7, 11) is -3.68. The topological polar surface area (TPSA) is 96.0 Å². The van der Waals surface area contributed by atoms with Crippen LogP contribution in [0.2, 0.25) is 0 Å². The van der Waals surface area contributed by atoms with Crippen LogP contribution in [0, 0.1) is 18.3 Å². The smallest absolute Gasteiger partial charge is 0.241 e. The van der Waals surface area contributed by atoms with Gasteiger partial charge in [-0.15, -0.1) is 0 Å². The predicted molar refractivity (Wildman–Crippen MR) is 66.4 cm³/mol. The highest BCUT2D eigenvalue weighted by Gasteiger charge is 2.15. The second kappa shape index (κ2) is 5.22. The first kappa shape index (κ1) is 13.3. The number of benzene rings is 1. The van der Waals surface area contributed by atoms with Crippen molar-refractivity contribution in [3.05, 3.63) is 47.7 Å². The van der Waals surface area contributed by atoms with Crippen molar-refractivity contribution in [2.75, 3.05) is 0 Å².